The van der Waals surface area contributed by atoms with E-state index in [0.29, 0.717) is 17.9 Å². The number of carbonyl (C=O) groups is 1. The monoisotopic (exact) mass is 366 g/mol. The van der Waals surface area contributed by atoms with Crippen LogP contribution in [-0.4, -0.2) is 11.7 Å². The van der Waals surface area contributed by atoms with Gasteiger partial charge in [0.2, 0.25) is 5.91 Å². The molecule has 1 aliphatic heterocycles. The van der Waals surface area contributed by atoms with Gasteiger partial charge in [0, 0.05) is 27.2 Å². The topological polar surface area (TPSA) is 41.1 Å². The summed E-state index contributed by atoms with van der Waals surface area (Å²) in [7, 11) is 0. The first-order valence-electron chi connectivity index (χ1n) is 6.36. The van der Waals surface area contributed by atoms with Crippen LogP contribution in [0.1, 0.15) is 5.56 Å². The summed E-state index contributed by atoms with van der Waals surface area (Å²) in [6, 6.07) is 10.6. The molecule has 0 saturated carbocycles. The molecule has 1 amide bonds. The van der Waals surface area contributed by atoms with Crippen molar-refractivity contribution in [3.05, 3.63) is 52.3 Å². The van der Waals surface area contributed by atoms with Crippen molar-refractivity contribution in [1.29, 1.82) is 0 Å². The molecule has 0 radical (unpaired) electrons. The number of benzene rings is 2. The summed E-state index contributed by atoms with van der Waals surface area (Å²) < 4.78 is 14.5. The number of amides is 1. The lowest BCUT2D eigenvalue weighted by Crippen LogP contribution is -2.18. The quantitative estimate of drug-likeness (QED) is 0.853. The second kappa shape index (κ2) is 6.07. The molecule has 3 rings (SSSR count). The molecule has 0 aromatic heterocycles. The van der Waals surface area contributed by atoms with Crippen molar-refractivity contribution in [3.63, 3.8) is 0 Å². The van der Waals surface area contributed by atoms with E-state index >= 15 is 0 Å². The average molecular weight is 367 g/mol. The Hall–Kier alpha value is -1.53. The van der Waals surface area contributed by atoms with Gasteiger partial charge in [0.1, 0.15) is 5.82 Å². The normalized spacial score (nSPS) is 13.5. The Morgan fingerprint density at radius 2 is 2.14 bits per heavy atom. The Labute approximate surface area is 134 Å². The molecule has 0 atom stereocenters. The molecule has 0 bridgehead atoms. The number of halogens is 2. The maximum absolute atomic E-state index is 13.7. The van der Waals surface area contributed by atoms with Crippen LogP contribution >= 0.6 is 27.7 Å². The molecule has 3 nitrogen and oxygen atoms in total. The van der Waals surface area contributed by atoms with Crippen molar-refractivity contribution in [2.24, 2.45) is 0 Å². The summed E-state index contributed by atoms with van der Waals surface area (Å²) in [6.45, 7) is 0.380. The third-order valence-electron chi connectivity index (χ3n) is 3.10. The maximum atomic E-state index is 13.7. The highest BCUT2D eigenvalue weighted by Crippen LogP contribution is 2.33. The van der Waals surface area contributed by atoms with Gasteiger partial charge in [-0.2, -0.15) is 0 Å². The van der Waals surface area contributed by atoms with E-state index in [0.717, 1.165) is 20.7 Å². The first-order chi connectivity index (χ1) is 10.1. The predicted octanol–water partition coefficient (Wildman–Crippen LogP) is 4.24. The van der Waals surface area contributed by atoms with E-state index in [1.165, 1.54) is 17.8 Å². The second-order valence-corrected chi connectivity index (χ2v) is 6.57. The molecule has 108 valence electrons. The van der Waals surface area contributed by atoms with E-state index in [1.807, 2.05) is 18.2 Å². The third kappa shape index (κ3) is 3.39. The number of carbonyl (C=O) groups excluding carboxylic acids is 1. The largest absolute Gasteiger partial charge is 0.381 e. The van der Waals surface area contributed by atoms with E-state index in [1.54, 1.807) is 12.1 Å². The van der Waals surface area contributed by atoms with Crippen molar-refractivity contribution >= 4 is 45.0 Å². The molecule has 0 aliphatic carbocycles. The van der Waals surface area contributed by atoms with Crippen molar-refractivity contribution < 1.29 is 9.18 Å². The summed E-state index contributed by atoms with van der Waals surface area (Å²) in [6.07, 6.45) is 0. The first-order valence-corrected chi connectivity index (χ1v) is 8.14. The lowest BCUT2D eigenvalue weighted by Gasteiger charge is -2.17. The summed E-state index contributed by atoms with van der Waals surface area (Å²) in [4.78, 5) is 12.4. The lowest BCUT2D eigenvalue weighted by atomic mass is 10.2. The number of hydrogen-bond acceptors (Lipinski definition) is 3. The minimum atomic E-state index is -0.243. The molecular weight excluding hydrogens is 355 g/mol. The zero-order valence-electron chi connectivity index (χ0n) is 11.0. The van der Waals surface area contributed by atoms with Gasteiger partial charge in [-0.15, -0.1) is 11.8 Å². The first kappa shape index (κ1) is 14.4. The van der Waals surface area contributed by atoms with Gasteiger partial charge in [-0.1, -0.05) is 15.9 Å². The van der Waals surface area contributed by atoms with E-state index in [-0.39, 0.29) is 11.7 Å². The van der Waals surface area contributed by atoms with Gasteiger partial charge in [-0.05, 0) is 36.4 Å². The number of fused-ring (bicyclic) bond motifs is 1. The van der Waals surface area contributed by atoms with Crippen LogP contribution in [0.5, 0.6) is 0 Å². The Bertz CT molecular complexity index is 708. The maximum Gasteiger partial charge on any atom is 0.234 e. The van der Waals surface area contributed by atoms with Gasteiger partial charge in [0.15, 0.2) is 0 Å². The highest BCUT2D eigenvalue weighted by atomic mass is 79.9. The molecule has 2 aromatic rings. The number of hydrogen-bond donors (Lipinski definition) is 2. The minimum Gasteiger partial charge on any atom is -0.381 e. The number of nitrogens with one attached hydrogen (secondary N) is 2. The van der Waals surface area contributed by atoms with Crippen LogP contribution in [0.2, 0.25) is 0 Å². The molecule has 0 spiro atoms. The van der Waals surface area contributed by atoms with Crippen molar-refractivity contribution in [1.82, 2.24) is 0 Å². The van der Waals surface area contributed by atoms with Gasteiger partial charge in [-0.3, -0.25) is 4.79 Å². The van der Waals surface area contributed by atoms with E-state index < -0.39 is 0 Å². The predicted molar refractivity (Wildman–Crippen MR) is 87.2 cm³/mol. The molecule has 2 aromatic carbocycles. The van der Waals surface area contributed by atoms with Gasteiger partial charge < -0.3 is 10.6 Å². The summed E-state index contributed by atoms with van der Waals surface area (Å²) >= 11 is 4.85. The number of thioether (sulfide) groups is 1. The fourth-order valence-electron chi connectivity index (χ4n) is 2.07. The average Bonchev–Trinajstić information content (AvgIpc) is 2.47. The Morgan fingerprint density at radius 1 is 1.29 bits per heavy atom. The molecule has 6 heteroatoms. The second-order valence-electron chi connectivity index (χ2n) is 4.64. The summed E-state index contributed by atoms with van der Waals surface area (Å²) in [5.74, 6) is 0.207. The van der Waals surface area contributed by atoms with Crippen LogP contribution in [0.15, 0.2) is 45.8 Å². The van der Waals surface area contributed by atoms with Crippen molar-refractivity contribution in [3.8, 4) is 0 Å². The van der Waals surface area contributed by atoms with Crippen LogP contribution in [0.3, 0.4) is 0 Å². The van der Waals surface area contributed by atoms with E-state index in [4.69, 9.17) is 0 Å². The fraction of sp³-hybridized carbons (Fsp3) is 0.133. The summed E-state index contributed by atoms with van der Waals surface area (Å²) in [5, 5.41) is 6.01. The van der Waals surface area contributed by atoms with Gasteiger partial charge >= 0.3 is 0 Å². The highest BCUT2D eigenvalue weighted by Gasteiger charge is 2.15. The minimum absolute atomic E-state index is 0.00249. The Kier molecular flexibility index (Phi) is 4.17. The zero-order chi connectivity index (χ0) is 14.8. The van der Waals surface area contributed by atoms with Crippen LogP contribution in [0, 0.1) is 5.82 Å². The van der Waals surface area contributed by atoms with Crippen LogP contribution in [-0.2, 0) is 11.3 Å². The zero-order valence-corrected chi connectivity index (χ0v) is 13.4. The molecule has 1 heterocycles. The molecule has 0 fully saturated rings. The third-order valence-corrected chi connectivity index (χ3v) is 4.67. The Balaban J connectivity index is 1.75. The Morgan fingerprint density at radius 3 is 3.00 bits per heavy atom. The number of anilines is 2. The molecule has 2 N–H and O–H groups in total. The van der Waals surface area contributed by atoms with Crippen LogP contribution in [0.25, 0.3) is 0 Å². The summed E-state index contributed by atoms with van der Waals surface area (Å²) in [5.41, 5.74) is 2.23. The molecule has 21 heavy (non-hydrogen) atoms. The number of rotatable bonds is 3. The lowest BCUT2D eigenvalue weighted by molar-refractivity contribution is -0.113. The molecule has 0 saturated heterocycles. The van der Waals surface area contributed by atoms with E-state index in [2.05, 4.69) is 26.6 Å². The van der Waals surface area contributed by atoms with E-state index in [9.17, 15) is 9.18 Å². The van der Waals surface area contributed by atoms with Gasteiger partial charge in [0.05, 0.1) is 11.4 Å². The molecular formula is C15H12BrFN2OS. The van der Waals surface area contributed by atoms with Crippen LogP contribution < -0.4 is 10.6 Å². The molecule has 1 aliphatic rings. The van der Waals surface area contributed by atoms with Gasteiger partial charge in [-0.25, -0.2) is 4.39 Å². The standard InChI is InChI=1S/C15H12BrFN2OS/c16-10-1-3-12(17)9(5-10)7-18-11-2-4-14-13(6-11)19-15(20)8-21-14/h1-6,18H,7-8H2,(H,19,20). The van der Waals surface area contributed by atoms with Crippen LogP contribution in [0.4, 0.5) is 15.8 Å². The van der Waals surface area contributed by atoms with Crippen molar-refractivity contribution in [2.45, 2.75) is 11.4 Å². The molecule has 0 unspecified atom stereocenters. The van der Waals surface area contributed by atoms with Crippen molar-refractivity contribution in [2.75, 3.05) is 16.4 Å². The fourth-order valence-corrected chi connectivity index (χ4v) is 3.27. The SMILES string of the molecule is O=C1CSc2ccc(NCc3cc(Br)ccc3F)cc2N1. The smallest absolute Gasteiger partial charge is 0.234 e. The van der Waals surface area contributed by atoms with Gasteiger partial charge in [0.25, 0.3) is 0 Å². The highest BCUT2D eigenvalue weighted by molar-refractivity contribution is 9.10.